The number of thiophene rings is 1. The van der Waals surface area contributed by atoms with Crippen LogP contribution in [0.1, 0.15) is 22.3 Å². The first kappa shape index (κ1) is 11.7. The molecular formula is C9H11BrO3S. The third kappa shape index (κ3) is 2.80. The minimum absolute atomic E-state index is 0.00287. The molecule has 0 saturated heterocycles. The molecule has 1 rings (SSSR count). The van der Waals surface area contributed by atoms with Crippen molar-refractivity contribution in [3.63, 3.8) is 0 Å². The van der Waals surface area contributed by atoms with Gasteiger partial charge in [-0.1, -0.05) is 0 Å². The molecule has 0 aliphatic rings. The molecule has 1 N–H and O–H groups in total. The van der Waals surface area contributed by atoms with E-state index in [4.69, 9.17) is 0 Å². The van der Waals surface area contributed by atoms with E-state index >= 15 is 0 Å². The number of aliphatic hydroxyl groups is 1. The summed E-state index contributed by atoms with van der Waals surface area (Å²) >= 11 is 4.82. The molecule has 1 aromatic rings. The van der Waals surface area contributed by atoms with Crippen LogP contribution in [0.2, 0.25) is 0 Å². The van der Waals surface area contributed by atoms with Crippen molar-refractivity contribution in [1.29, 1.82) is 0 Å². The van der Waals surface area contributed by atoms with Gasteiger partial charge in [-0.05, 0) is 28.9 Å². The summed E-state index contributed by atoms with van der Waals surface area (Å²) in [5.74, 6) is -0.403. The van der Waals surface area contributed by atoms with Crippen molar-refractivity contribution in [2.24, 2.45) is 0 Å². The number of hydrogen-bond acceptors (Lipinski definition) is 4. The lowest BCUT2D eigenvalue weighted by Gasteiger charge is -2.05. The average Bonchev–Trinajstić information content (AvgIpc) is 2.47. The van der Waals surface area contributed by atoms with Crippen LogP contribution in [0.15, 0.2) is 10.5 Å². The first-order chi connectivity index (χ1) is 6.54. The summed E-state index contributed by atoms with van der Waals surface area (Å²) in [6.45, 7) is 1.95. The number of hydrogen-bond donors (Lipinski definition) is 1. The van der Waals surface area contributed by atoms with E-state index in [9.17, 15) is 9.90 Å². The second-order valence-corrected chi connectivity index (χ2v) is 4.99. The van der Waals surface area contributed by atoms with Crippen LogP contribution in [0.5, 0.6) is 0 Å². The molecule has 1 heterocycles. The second-order valence-electron chi connectivity index (χ2n) is 2.85. The van der Waals surface area contributed by atoms with Gasteiger partial charge in [0.05, 0.1) is 19.6 Å². The number of aryl methyl sites for hydroxylation is 1. The van der Waals surface area contributed by atoms with Crippen molar-refractivity contribution in [1.82, 2.24) is 0 Å². The maximum atomic E-state index is 10.9. The van der Waals surface area contributed by atoms with Crippen LogP contribution in [-0.4, -0.2) is 18.2 Å². The van der Waals surface area contributed by atoms with Gasteiger partial charge in [-0.3, -0.25) is 4.79 Å². The third-order valence-electron chi connectivity index (χ3n) is 1.79. The quantitative estimate of drug-likeness (QED) is 0.864. The average molecular weight is 279 g/mol. The molecule has 78 valence electrons. The van der Waals surface area contributed by atoms with Crippen molar-refractivity contribution in [2.45, 2.75) is 19.4 Å². The highest BCUT2D eigenvalue weighted by atomic mass is 79.9. The first-order valence-electron chi connectivity index (χ1n) is 4.05. The van der Waals surface area contributed by atoms with Crippen molar-refractivity contribution in [3.05, 3.63) is 20.3 Å². The molecule has 0 spiro atoms. The van der Waals surface area contributed by atoms with Gasteiger partial charge in [-0.25, -0.2) is 0 Å². The van der Waals surface area contributed by atoms with E-state index < -0.39 is 12.1 Å². The fourth-order valence-corrected chi connectivity index (χ4v) is 2.53. The van der Waals surface area contributed by atoms with Crippen LogP contribution in [0.4, 0.5) is 0 Å². The highest BCUT2D eigenvalue weighted by Gasteiger charge is 2.16. The Bertz CT molecular complexity index is 315. The van der Waals surface area contributed by atoms with Gasteiger partial charge >= 0.3 is 5.97 Å². The number of ether oxygens (including phenoxy) is 1. The Kier molecular flexibility index (Phi) is 4.10. The summed E-state index contributed by atoms with van der Waals surface area (Å²) in [5, 5.41) is 9.65. The molecular weight excluding hydrogens is 268 g/mol. The number of methoxy groups -OCH3 is 1. The third-order valence-corrected chi connectivity index (χ3v) is 4.03. The van der Waals surface area contributed by atoms with Crippen molar-refractivity contribution >= 4 is 33.2 Å². The number of esters is 1. The van der Waals surface area contributed by atoms with Crippen LogP contribution in [0.3, 0.4) is 0 Å². The summed E-state index contributed by atoms with van der Waals surface area (Å²) in [7, 11) is 1.31. The molecule has 0 aliphatic carbocycles. The Morgan fingerprint density at radius 1 is 1.79 bits per heavy atom. The molecule has 0 unspecified atom stereocenters. The maximum absolute atomic E-state index is 10.9. The Balaban J connectivity index is 2.69. The van der Waals surface area contributed by atoms with Crippen LogP contribution in [0, 0.1) is 6.92 Å². The van der Waals surface area contributed by atoms with Crippen LogP contribution in [-0.2, 0) is 9.53 Å². The van der Waals surface area contributed by atoms with Gasteiger partial charge in [0.15, 0.2) is 0 Å². The zero-order valence-corrected chi connectivity index (χ0v) is 10.3. The van der Waals surface area contributed by atoms with Crippen LogP contribution >= 0.6 is 27.3 Å². The molecule has 14 heavy (non-hydrogen) atoms. The van der Waals surface area contributed by atoms with Crippen LogP contribution < -0.4 is 0 Å². The monoisotopic (exact) mass is 278 g/mol. The van der Waals surface area contributed by atoms with Crippen molar-refractivity contribution < 1.29 is 14.6 Å². The normalized spacial score (nSPS) is 12.6. The molecule has 1 aromatic heterocycles. The Labute approximate surface area is 94.8 Å². The topological polar surface area (TPSA) is 46.5 Å². The van der Waals surface area contributed by atoms with Gasteiger partial charge in [0.1, 0.15) is 0 Å². The highest BCUT2D eigenvalue weighted by Crippen LogP contribution is 2.31. The van der Waals surface area contributed by atoms with Crippen molar-refractivity contribution in [3.8, 4) is 0 Å². The molecule has 0 aromatic carbocycles. The molecule has 1 atom stereocenters. The molecule has 5 heteroatoms. The Morgan fingerprint density at radius 2 is 2.43 bits per heavy atom. The Morgan fingerprint density at radius 3 is 2.86 bits per heavy atom. The predicted octanol–water partition coefficient (Wildman–Crippen LogP) is 2.42. The molecule has 0 radical (unpaired) electrons. The number of carbonyl (C=O) groups is 1. The number of rotatable bonds is 3. The standard InChI is InChI=1S/C9H11BrO3S/c1-5-6(10)3-8(14-5)7(11)4-9(12)13-2/h3,7,11H,4H2,1-2H3/t7-/m0/s1. The lowest BCUT2D eigenvalue weighted by molar-refractivity contribution is -0.142. The summed E-state index contributed by atoms with van der Waals surface area (Å²) in [6, 6.07) is 1.83. The Hall–Kier alpha value is -0.390. The van der Waals surface area contributed by atoms with E-state index in [0.717, 1.165) is 14.2 Å². The predicted molar refractivity (Wildman–Crippen MR) is 58.3 cm³/mol. The van der Waals surface area contributed by atoms with Gasteiger partial charge in [0, 0.05) is 14.2 Å². The molecule has 0 aliphatic heterocycles. The zero-order chi connectivity index (χ0) is 10.7. The molecule has 0 fully saturated rings. The molecule has 0 amide bonds. The second kappa shape index (κ2) is 4.91. The van der Waals surface area contributed by atoms with Gasteiger partial charge in [0.2, 0.25) is 0 Å². The number of halogens is 1. The summed E-state index contributed by atoms with van der Waals surface area (Å²) in [6.07, 6.45) is -0.763. The van der Waals surface area contributed by atoms with Crippen LogP contribution in [0.25, 0.3) is 0 Å². The van der Waals surface area contributed by atoms with Crippen molar-refractivity contribution in [2.75, 3.05) is 7.11 Å². The molecule has 0 bridgehead atoms. The van der Waals surface area contributed by atoms with E-state index in [1.54, 1.807) is 0 Å². The van der Waals surface area contributed by atoms with Gasteiger partial charge in [0.25, 0.3) is 0 Å². The highest BCUT2D eigenvalue weighted by molar-refractivity contribution is 9.10. The smallest absolute Gasteiger partial charge is 0.308 e. The van der Waals surface area contributed by atoms with E-state index in [2.05, 4.69) is 20.7 Å². The van der Waals surface area contributed by atoms with Gasteiger partial charge in [-0.2, -0.15) is 0 Å². The SMILES string of the molecule is COC(=O)C[C@H](O)c1cc(Br)c(C)s1. The largest absolute Gasteiger partial charge is 0.469 e. The summed E-state index contributed by atoms with van der Waals surface area (Å²) in [5.41, 5.74) is 0. The summed E-state index contributed by atoms with van der Waals surface area (Å²) in [4.78, 5) is 12.8. The van der Waals surface area contributed by atoms with E-state index in [0.29, 0.717) is 0 Å². The van der Waals surface area contributed by atoms with E-state index in [-0.39, 0.29) is 6.42 Å². The van der Waals surface area contributed by atoms with Gasteiger partial charge < -0.3 is 9.84 Å². The van der Waals surface area contributed by atoms with Gasteiger partial charge in [-0.15, -0.1) is 11.3 Å². The minimum atomic E-state index is -0.766. The summed E-state index contributed by atoms with van der Waals surface area (Å²) < 4.78 is 5.43. The molecule has 0 saturated carbocycles. The first-order valence-corrected chi connectivity index (χ1v) is 5.66. The van der Waals surface area contributed by atoms with E-state index in [1.807, 2.05) is 13.0 Å². The number of aliphatic hydroxyl groups excluding tert-OH is 1. The maximum Gasteiger partial charge on any atom is 0.308 e. The fraction of sp³-hybridized carbons (Fsp3) is 0.444. The molecule has 3 nitrogen and oxygen atoms in total. The number of carbonyl (C=O) groups excluding carboxylic acids is 1. The fourth-order valence-electron chi connectivity index (χ4n) is 0.988. The lowest BCUT2D eigenvalue weighted by Crippen LogP contribution is -2.06. The lowest BCUT2D eigenvalue weighted by atomic mass is 10.2. The van der Waals surface area contributed by atoms with E-state index in [1.165, 1.54) is 18.4 Å². The minimum Gasteiger partial charge on any atom is -0.469 e. The zero-order valence-electron chi connectivity index (χ0n) is 7.91.